The van der Waals surface area contributed by atoms with E-state index in [0.717, 1.165) is 69.6 Å². The van der Waals surface area contributed by atoms with Crippen LogP contribution in [0.3, 0.4) is 0 Å². The Morgan fingerprint density at radius 2 is 1.33 bits per heavy atom. The van der Waals surface area contributed by atoms with Crippen LogP contribution in [0.15, 0.2) is 34.1 Å². The van der Waals surface area contributed by atoms with Crippen molar-refractivity contribution in [2.24, 2.45) is 11.8 Å². The Kier molecular flexibility index (Phi) is 10.8. The van der Waals surface area contributed by atoms with Gasteiger partial charge in [-0.3, -0.25) is 9.59 Å². The molecule has 0 bridgehead atoms. The number of esters is 2. The number of sulfone groups is 1. The van der Waals surface area contributed by atoms with E-state index < -0.39 is 38.2 Å². The summed E-state index contributed by atoms with van der Waals surface area (Å²) >= 11 is 0. The first-order valence-corrected chi connectivity index (χ1v) is 17.2. The van der Waals surface area contributed by atoms with Crippen molar-refractivity contribution in [3.63, 3.8) is 0 Å². The van der Waals surface area contributed by atoms with Crippen LogP contribution in [0.25, 0.3) is 0 Å². The van der Waals surface area contributed by atoms with Crippen LogP contribution in [-0.2, 0) is 28.9 Å². The van der Waals surface area contributed by atoms with E-state index in [1.54, 1.807) is 6.07 Å². The molecule has 8 nitrogen and oxygen atoms in total. The number of carbonyl (C=O) groups is 4. The third-order valence-corrected chi connectivity index (χ3v) is 10.3. The second-order valence-corrected chi connectivity index (χ2v) is 14.8. The van der Waals surface area contributed by atoms with Crippen LogP contribution in [0.1, 0.15) is 136 Å². The van der Waals surface area contributed by atoms with Gasteiger partial charge in [-0.15, -0.1) is 0 Å². The first-order valence-electron chi connectivity index (χ1n) is 15.7. The molecule has 0 aliphatic heterocycles. The summed E-state index contributed by atoms with van der Waals surface area (Å²) in [6.07, 6.45) is 10.9. The summed E-state index contributed by atoms with van der Waals surface area (Å²) in [5.74, 6) is -3.42. The van der Waals surface area contributed by atoms with Crippen LogP contribution >= 0.6 is 0 Å². The third-order valence-electron chi connectivity index (χ3n) is 8.40. The normalized spacial score (nSPS) is 18.7. The van der Waals surface area contributed by atoms with Crippen molar-refractivity contribution in [2.75, 3.05) is 13.2 Å². The molecule has 0 amide bonds. The number of hydrogen-bond donors (Lipinski definition) is 0. The summed E-state index contributed by atoms with van der Waals surface area (Å²) in [5, 5.41) is 0. The van der Waals surface area contributed by atoms with Crippen molar-refractivity contribution in [1.29, 1.82) is 0 Å². The largest absolute Gasteiger partial charge is 0.462 e. The Morgan fingerprint density at radius 3 is 1.88 bits per heavy atom. The molecule has 3 aliphatic rings. The lowest BCUT2D eigenvalue weighted by Gasteiger charge is -2.31. The quantitative estimate of drug-likeness (QED) is 0.210. The van der Waals surface area contributed by atoms with Crippen molar-refractivity contribution in [3.8, 4) is 0 Å². The van der Waals surface area contributed by atoms with Gasteiger partial charge in [0.15, 0.2) is 11.6 Å². The zero-order valence-electron chi connectivity index (χ0n) is 25.8. The van der Waals surface area contributed by atoms with Gasteiger partial charge in [-0.25, -0.2) is 18.0 Å². The Balaban J connectivity index is 2.11. The van der Waals surface area contributed by atoms with Crippen molar-refractivity contribution in [2.45, 2.75) is 109 Å². The van der Waals surface area contributed by atoms with Crippen molar-refractivity contribution < 1.29 is 37.1 Å². The lowest BCUT2D eigenvalue weighted by Crippen LogP contribution is -2.27. The summed E-state index contributed by atoms with van der Waals surface area (Å²) < 4.78 is 40.8. The van der Waals surface area contributed by atoms with Crippen LogP contribution in [0, 0.1) is 11.8 Å². The Hall–Kier alpha value is -3.07. The molecule has 0 radical (unpaired) electrons. The molecule has 3 aliphatic carbocycles. The highest BCUT2D eigenvalue weighted by Crippen LogP contribution is 2.46. The standard InChI is InChI=1S/C34H44O8S/c1-21(2)19-41-33(37)27-18-26(23-11-7-5-8-12-23)31(34(38)42-20-22(3)4)32(30(27)24-13-9-6-10-14-24)43(39,40)29-17-25(35)15-16-28(29)36/h15-18,21-24H,5-14,19-20H2,1-4H3. The summed E-state index contributed by atoms with van der Waals surface area (Å²) in [6, 6.07) is 1.68. The van der Waals surface area contributed by atoms with Gasteiger partial charge in [-0.05, 0) is 78.7 Å². The monoisotopic (exact) mass is 612 g/mol. The molecule has 0 aromatic heterocycles. The molecular weight excluding hydrogens is 568 g/mol. The van der Waals surface area contributed by atoms with E-state index in [4.69, 9.17) is 9.47 Å². The van der Waals surface area contributed by atoms with Crippen LogP contribution < -0.4 is 0 Å². The van der Waals surface area contributed by atoms with E-state index in [1.807, 2.05) is 27.7 Å². The molecule has 0 heterocycles. The Labute approximate surface area is 255 Å². The first-order chi connectivity index (χ1) is 20.4. The minimum atomic E-state index is -4.76. The van der Waals surface area contributed by atoms with Crippen molar-refractivity contribution in [3.05, 3.63) is 51.5 Å². The van der Waals surface area contributed by atoms with Gasteiger partial charge < -0.3 is 9.47 Å². The summed E-state index contributed by atoms with van der Waals surface area (Å²) in [4.78, 5) is 52.2. The number of carbonyl (C=O) groups excluding carboxylic acids is 4. The minimum absolute atomic E-state index is 0.00405. The zero-order valence-corrected chi connectivity index (χ0v) is 26.6. The Bertz CT molecular complexity index is 1420. The highest BCUT2D eigenvalue weighted by molar-refractivity contribution is 7.96. The van der Waals surface area contributed by atoms with Crippen LogP contribution in [-0.4, -0.2) is 45.1 Å². The SMILES string of the molecule is CC(C)COC(=O)c1cc(C2CCCCC2)c(C(=O)OCC(C)C)c(S(=O)(=O)C2=CC(=O)C=CC2=O)c1C1CCCCC1. The van der Waals surface area contributed by atoms with E-state index in [0.29, 0.717) is 18.4 Å². The molecule has 1 aromatic rings. The van der Waals surface area contributed by atoms with Gasteiger partial charge in [0.05, 0.1) is 29.2 Å². The molecule has 0 N–H and O–H groups in total. The predicted molar refractivity (Wildman–Crippen MR) is 163 cm³/mol. The fourth-order valence-corrected chi connectivity index (χ4v) is 8.19. The fourth-order valence-electron chi connectivity index (χ4n) is 6.33. The smallest absolute Gasteiger partial charge is 0.339 e. The van der Waals surface area contributed by atoms with Gasteiger partial charge in [0, 0.05) is 6.08 Å². The molecule has 4 rings (SSSR count). The first kappa shape index (κ1) is 32.8. The number of benzene rings is 1. The number of rotatable bonds is 10. The Morgan fingerprint density at radius 1 is 0.791 bits per heavy atom. The van der Waals surface area contributed by atoms with E-state index in [1.165, 1.54) is 0 Å². The molecule has 9 heteroatoms. The molecule has 2 saturated carbocycles. The lowest BCUT2D eigenvalue weighted by atomic mass is 9.77. The predicted octanol–water partition coefficient (Wildman–Crippen LogP) is 6.77. The average molecular weight is 613 g/mol. The number of hydrogen-bond acceptors (Lipinski definition) is 8. The van der Waals surface area contributed by atoms with Gasteiger partial charge in [0.25, 0.3) is 0 Å². The molecule has 0 saturated heterocycles. The molecule has 0 atom stereocenters. The minimum Gasteiger partial charge on any atom is -0.462 e. The topological polar surface area (TPSA) is 121 Å². The summed E-state index contributed by atoms with van der Waals surface area (Å²) in [6.45, 7) is 7.82. The molecular formula is C34H44O8S. The maximum Gasteiger partial charge on any atom is 0.339 e. The second kappa shape index (κ2) is 14.1. The number of allylic oxidation sites excluding steroid dienone is 4. The van der Waals surface area contributed by atoms with Gasteiger partial charge in [0.2, 0.25) is 9.84 Å². The highest BCUT2D eigenvalue weighted by Gasteiger charge is 2.41. The average Bonchev–Trinajstić information content (AvgIpc) is 2.99. The van der Waals surface area contributed by atoms with Gasteiger partial charge in [-0.2, -0.15) is 0 Å². The molecule has 0 spiro atoms. The van der Waals surface area contributed by atoms with Crippen LogP contribution in [0.5, 0.6) is 0 Å². The van der Waals surface area contributed by atoms with Crippen LogP contribution in [0.2, 0.25) is 0 Å². The zero-order chi connectivity index (χ0) is 31.3. The lowest BCUT2D eigenvalue weighted by molar-refractivity contribution is -0.114. The van der Waals surface area contributed by atoms with Crippen molar-refractivity contribution in [1.82, 2.24) is 0 Å². The molecule has 234 valence electrons. The van der Waals surface area contributed by atoms with E-state index >= 15 is 0 Å². The number of ketones is 2. The second-order valence-electron chi connectivity index (χ2n) is 12.9. The number of ether oxygens (including phenoxy) is 2. The molecule has 1 aromatic carbocycles. The molecule has 0 unspecified atom stereocenters. The van der Waals surface area contributed by atoms with E-state index in [9.17, 15) is 27.6 Å². The highest BCUT2D eigenvalue weighted by atomic mass is 32.2. The molecule has 2 fully saturated rings. The fraction of sp³-hybridized carbons (Fsp3) is 0.588. The van der Waals surface area contributed by atoms with Crippen LogP contribution in [0.4, 0.5) is 0 Å². The van der Waals surface area contributed by atoms with E-state index in [2.05, 4.69) is 0 Å². The summed E-state index contributed by atoms with van der Waals surface area (Å²) in [5.41, 5.74) is 0.663. The van der Waals surface area contributed by atoms with E-state index in [-0.39, 0.29) is 58.5 Å². The summed E-state index contributed by atoms with van der Waals surface area (Å²) in [7, 11) is -4.76. The van der Waals surface area contributed by atoms with Crippen molar-refractivity contribution >= 4 is 33.3 Å². The van der Waals surface area contributed by atoms with Gasteiger partial charge >= 0.3 is 11.9 Å². The van der Waals surface area contributed by atoms with Gasteiger partial charge in [-0.1, -0.05) is 66.2 Å². The van der Waals surface area contributed by atoms with Gasteiger partial charge in [0.1, 0.15) is 4.91 Å². The maximum atomic E-state index is 14.7. The maximum absolute atomic E-state index is 14.7. The molecule has 43 heavy (non-hydrogen) atoms. The third kappa shape index (κ3) is 7.54.